The number of piperidine rings is 3. The molecule has 4 nitrogen and oxygen atoms in total. The van der Waals surface area contributed by atoms with Crippen LogP contribution in [0.5, 0.6) is 5.75 Å². The van der Waals surface area contributed by atoms with Crippen molar-refractivity contribution < 1.29 is 4.74 Å². The van der Waals surface area contributed by atoms with Crippen molar-refractivity contribution in [3.63, 3.8) is 0 Å². The standard InChI is InChI=1S/C25H31N3O.2ClH/c1-26(2)14-15-28-24-6-4-3-5-22(24)23-8-7-21(17-25(23)28)29-16-11-20-18-27-12-9-19(20)10-13-27;;/h3-8,11,17,19H,9-10,12-16,18H2,1-2H3;2*1H/b20-11+;;. The monoisotopic (exact) mass is 461 g/mol. The lowest BCUT2D eigenvalue weighted by Gasteiger charge is -2.41. The molecule has 2 aromatic carbocycles. The second-order valence-corrected chi connectivity index (χ2v) is 8.79. The van der Waals surface area contributed by atoms with E-state index in [0.717, 1.165) is 31.3 Å². The SMILES string of the molecule is CN(C)CCn1c2ccccc2c2ccc(OC/C=C3\CN4CCC3CC4)cc21.Cl.Cl. The van der Waals surface area contributed by atoms with Gasteiger partial charge in [0.15, 0.2) is 0 Å². The van der Waals surface area contributed by atoms with Crippen molar-refractivity contribution in [3.05, 3.63) is 54.1 Å². The summed E-state index contributed by atoms with van der Waals surface area (Å²) in [6, 6.07) is 15.3. The molecule has 3 aliphatic heterocycles. The molecule has 168 valence electrons. The molecule has 6 rings (SSSR count). The molecule has 0 radical (unpaired) electrons. The highest BCUT2D eigenvalue weighted by molar-refractivity contribution is 6.08. The summed E-state index contributed by atoms with van der Waals surface area (Å²) in [5.41, 5.74) is 4.15. The first kappa shape index (κ1) is 23.9. The molecular formula is C25H33Cl2N3O. The molecule has 0 saturated carbocycles. The minimum atomic E-state index is 0. The molecule has 0 N–H and O–H groups in total. The Morgan fingerprint density at radius 1 is 1.00 bits per heavy atom. The Labute approximate surface area is 197 Å². The summed E-state index contributed by atoms with van der Waals surface area (Å²) >= 11 is 0. The summed E-state index contributed by atoms with van der Waals surface area (Å²) in [6.45, 7) is 6.36. The van der Waals surface area contributed by atoms with E-state index in [1.165, 1.54) is 47.7 Å². The second kappa shape index (κ2) is 10.3. The van der Waals surface area contributed by atoms with Crippen LogP contribution in [0.3, 0.4) is 0 Å². The lowest BCUT2D eigenvalue weighted by molar-refractivity contribution is 0.160. The van der Waals surface area contributed by atoms with Crippen molar-refractivity contribution in [1.29, 1.82) is 0 Å². The molecule has 31 heavy (non-hydrogen) atoms. The van der Waals surface area contributed by atoms with Crippen LogP contribution in [0.15, 0.2) is 54.1 Å². The summed E-state index contributed by atoms with van der Waals surface area (Å²) in [4.78, 5) is 4.81. The minimum absolute atomic E-state index is 0. The molecular weight excluding hydrogens is 429 g/mol. The minimum Gasteiger partial charge on any atom is -0.489 e. The van der Waals surface area contributed by atoms with Gasteiger partial charge in [0, 0.05) is 42.0 Å². The van der Waals surface area contributed by atoms with Crippen molar-refractivity contribution >= 4 is 46.6 Å². The van der Waals surface area contributed by atoms with Crippen molar-refractivity contribution in [2.75, 3.05) is 46.9 Å². The smallest absolute Gasteiger partial charge is 0.121 e. The Balaban J connectivity index is 0.00000136. The fraction of sp³-hybridized carbons (Fsp3) is 0.440. The number of benzene rings is 2. The molecule has 0 amide bonds. The number of rotatable bonds is 6. The zero-order chi connectivity index (χ0) is 19.8. The molecule has 3 fully saturated rings. The molecule has 0 aliphatic carbocycles. The molecule has 3 saturated heterocycles. The molecule has 1 aromatic heterocycles. The van der Waals surface area contributed by atoms with Crippen molar-refractivity contribution in [1.82, 2.24) is 14.4 Å². The van der Waals surface area contributed by atoms with E-state index in [-0.39, 0.29) is 24.8 Å². The van der Waals surface area contributed by atoms with Gasteiger partial charge in [-0.05, 0) is 70.2 Å². The van der Waals surface area contributed by atoms with Crippen LogP contribution in [0, 0.1) is 5.92 Å². The molecule has 0 unspecified atom stereocenters. The average Bonchev–Trinajstić information content (AvgIpc) is 3.06. The van der Waals surface area contributed by atoms with Crippen LogP contribution < -0.4 is 4.74 Å². The number of halogens is 2. The summed E-state index contributed by atoms with van der Waals surface area (Å²) in [5.74, 6) is 1.75. The number of aromatic nitrogens is 1. The van der Waals surface area contributed by atoms with Gasteiger partial charge in [-0.25, -0.2) is 0 Å². The average molecular weight is 462 g/mol. The lowest BCUT2D eigenvalue weighted by atomic mass is 9.84. The van der Waals surface area contributed by atoms with Crippen LogP contribution >= 0.6 is 24.8 Å². The maximum absolute atomic E-state index is 6.18. The number of hydrogen-bond acceptors (Lipinski definition) is 3. The fourth-order valence-corrected chi connectivity index (χ4v) is 4.99. The van der Waals surface area contributed by atoms with Gasteiger partial charge in [-0.15, -0.1) is 24.8 Å². The van der Waals surface area contributed by atoms with Gasteiger partial charge < -0.3 is 14.2 Å². The van der Waals surface area contributed by atoms with Gasteiger partial charge in [-0.2, -0.15) is 0 Å². The van der Waals surface area contributed by atoms with Gasteiger partial charge in [0.05, 0.1) is 5.52 Å². The third kappa shape index (κ3) is 4.88. The molecule has 0 spiro atoms. The van der Waals surface area contributed by atoms with Crippen LogP contribution in [-0.2, 0) is 6.54 Å². The van der Waals surface area contributed by atoms with E-state index >= 15 is 0 Å². The molecule has 3 aromatic rings. The highest BCUT2D eigenvalue weighted by atomic mass is 35.5. The Morgan fingerprint density at radius 3 is 2.45 bits per heavy atom. The summed E-state index contributed by atoms with van der Waals surface area (Å²) in [7, 11) is 4.26. The van der Waals surface area contributed by atoms with Gasteiger partial charge in [-0.3, -0.25) is 4.90 Å². The topological polar surface area (TPSA) is 20.6 Å². The van der Waals surface area contributed by atoms with Gasteiger partial charge in [0.2, 0.25) is 0 Å². The number of hydrogen-bond donors (Lipinski definition) is 0. The van der Waals surface area contributed by atoms with Crippen molar-refractivity contribution in [2.24, 2.45) is 5.92 Å². The van der Waals surface area contributed by atoms with Crippen LogP contribution in [0.2, 0.25) is 0 Å². The summed E-state index contributed by atoms with van der Waals surface area (Å²) < 4.78 is 8.62. The molecule has 2 bridgehead atoms. The third-order valence-corrected chi connectivity index (χ3v) is 6.63. The highest BCUT2D eigenvalue weighted by Gasteiger charge is 2.28. The fourth-order valence-electron chi connectivity index (χ4n) is 4.99. The number of fused-ring (bicyclic) bond motifs is 6. The predicted octanol–water partition coefficient (Wildman–Crippen LogP) is 5.23. The second-order valence-electron chi connectivity index (χ2n) is 8.79. The van der Waals surface area contributed by atoms with E-state index in [1.54, 1.807) is 5.57 Å². The Bertz CT molecular complexity index is 1050. The first-order valence-corrected chi connectivity index (χ1v) is 10.9. The predicted molar refractivity (Wildman–Crippen MR) is 135 cm³/mol. The largest absolute Gasteiger partial charge is 0.489 e. The molecule has 0 atom stereocenters. The lowest BCUT2D eigenvalue weighted by Crippen LogP contribution is -2.43. The van der Waals surface area contributed by atoms with Crippen LogP contribution in [-0.4, -0.2) is 61.2 Å². The van der Waals surface area contributed by atoms with Gasteiger partial charge in [0.25, 0.3) is 0 Å². The van der Waals surface area contributed by atoms with Gasteiger partial charge >= 0.3 is 0 Å². The first-order chi connectivity index (χ1) is 14.2. The normalized spacial score (nSPS) is 21.5. The quantitative estimate of drug-likeness (QED) is 0.468. The number of likely N-dealkylation sites (N-methyl/N-ethyl adjacent to an activating group) is 1. The third-order valence-electron chi connectivity index (χ3n) is 6.63. The Hall–Kier alpha value is -1.72. The van der Waals surface area contributed by atoms with E-state index in [9.17, 15) is 0 Å². The summed E-state index contributed by atoms with van der Waals surface area (Å²) in [5, 5.41) is 2.63. The number of ether oxygens (including phenoxy) is 1. The van der Waals surface area contributed by atoms with Crippen molar-refractivity contribution in [3.8, 4) is 5.75 Å². The van der Waals surface area contributed by atoms with Gasteiger partial charge in [0.1, 0.15) is 12.4 Å². The molecule has 6 heteroatoms. The van der Waals surface area contributed by atoms with Crippen LogP contribution in [0.1, 0.15) is 12.8 Å². The maximum Gasteiger partial charge on any atom is 0.121 e. The van der Waals surface area contributed by atoms with Crippen LogP contribution in [0.25, 0.3) is 21.8 Å². The van der Waals surface area contributed by atoms with Crippen LogP contribution in [0.4, 0.5) is 0 Å². The zero-order valence-electron chi connectivity index (χ0n) is 18.4. The molecule has 3 aliphatic rings. The zero-order valence-corrected chi connectivity index (χ0v) is 20.1. The van der Waals surface area contributed by atoms with E-state index in [0.29, 0.717) is 6.61 Å². The Morgan fingerprint density at radius 2 is 1.74 bits per heavy atom. The van der Waals surface area contributed by atoms with Gasteiger partial charge in [-0.1, -0.05) is 23.8 Å². The first-order valence-electron chi connectivity index (χ1n) is 10.9. The van der Waals surface area contributed by atoms with Crippen molar-refractivity contribution in [2.45, 2.75) is 19.4 Å². The Kier molecular flexibility index (Phi) is 7.92. The van der Waals surface area contributed by atoms with E-state index in [4.69, 9.17) is 4.74 Å². The van der Waals surface area contributed by atoms with E-state index in [1.807, 2.05) is 0 Å². The molecule has 4 heterocycles. The van der Waals surface area contributed by atoms with E-state index in [2.05, 4.69) is 77.0 Å². The number of nitrogens with zero attached hydrogens (tertiary/aromatic N) is 3. The van der Waals surface area contributed by atoms with E-state index < -0.39 is 0 Å². The number of para-hydroxylation sites is 1. The maximum atomic E-state index is 6.18. The highest BCUT2D eigenvalue weighted by Crippen LogP contribution is 2.33. The summed E-state index contributed by atoms with van der Waals surface area (Å²) in [6.07, 6.45) is 4.98.